The number of benzene rings is 1. The van der Waals surface area contributed by atoms with Crippen molar-refractivity contribution in [3.05, 3.63) is 23.3 Å². The number of aromatic hydroxyl groups is 1. The topological polar surface area (TPSA) is 29.5 Å². The van der Waals surface area contributed by atoms with Gasteiger partial charge in [0.15, 0.2) is 0 Å². The first kappa shape index (κ1) is 7.47. The highest BCUT2D eigenvalue weighted by molar-refractivity contribution is 5.46. The summed E-state index contributed by atoms with van der Waals surface area (Å²) >= 11 is 0. The van der Waals surface area contributed by atoms with Gasteiger partial charge in [-0.15, -0.1) is 0 Å². The summed E-state index contributed by atoms with van der Waals surface area (Å²) in [6, 6.07) is 3.48. The molecule has 1 aromatic carbocycles. The third kappa shape index (κ3) is 1.13. The van der Waals surface area contributed by atoms with E-state index in [1.54, 1.807) is 12.1 Å². The van der Waals surface area contributed by atoms with Crippen LogP contribution in [0.4, 0.5) is 0 Å². The number of hydrogen-bond acceptors (Lipinski definition) is 2. The van der Waals surface area contributed by atoms with Gasteiger partial charge in [-0.2, -0.15) is 0 Å². The lowest BCUT2D eigenvalue weighted by molar-refractivity contribution is 0.286. The van der Waals surface area contributed by atoms with E-state index < -0.39 is 0 Å². The zero-order valence-corrected chi connectivity index (χ0v) is 7.13. The zero-order chi connectivity index (χ0) is 8.55. The fraction of sp³-hybridized carbons (Fsp3) is 0.400. The molecule has 1 aromatic rings. The number of hydrogen-bond donors (Lipinski definition) is 1. The lowest BCUT2D eigenvalue weighted by Crippen LogP contribution is -2.09. The summed E-state index contributed by atoms with van der Waals surface area (Å²) in [5, 5.41) is 9.29. The Morgan fingerprint density at radius 3 is 3.08 bits per heavy atom. The van der Waals surface area contributed by atoms with Gasteiger partial charge in [-0.05, 0) is 37.0 Å². The number of ether oxygens (including phenoxy) is 1. The van der Waals surface area contributed by atoms with Crippen LogP contribution < -0.4 is 4.74 Å². The molecule has 1 aliphatic rings. The standard InChI is InChI=1S/C10H12O2/c1-7-5-8(11)6-10-9(7)3-2-4-12-10/h5-6,11H,2-4H2,1H3. The molecule has 0 amide bonds. The van der Waals surface area contributed by atoms with E-state index in [9.17, 15) is 5.11 Å². The van der Waals surface area contributed by atoms with E-state index in [4.69, 9.17) is 4.74 Å². The SMILES string of the molecule is Cc1cc(O)cc2c1CCCO2. The van der Waals surface area contributed by atoms with Crippen LogP contribution >= 0.6 is 0 Å². The highest BCUT2D eigenvalue weighted by atomic mass is 16.5. The fourth-order valence-corrected chi connectivity index (χ4v) is 1.65. The molecule has 0 bridgehead atoms. The van der Waals surface area contributed by atoms with Crippen molar-refractivity contribution in [2.45, 2.75) is 19.8 Å². The van der Waals surface area contributed by atoms with Gasteiger partial charge in [0, 0.05) is 6.07 Å². The molecule has 0 spiro atoms. The molecule has 0 aromatic heterocycles. The average molecular weight is 164 g/mol. The van der Waals surface area contributed by atoms with Crippen molar-refractivity contribution in [2.24, 2.45) is 0 Å². The average Bonchev–Trinajstić information content (AvgIpc) is 2.04. The van der Waals surface area contributed by atoms with Gasteiger partial charge in [-0.3, -0.25) is 0 Å². The molecule has 1 heterocycles. The normalized spacial score (nSPS) is 15.1. The molecule has 0 atom stereocenters. The maximum atomic E-state index is 9.29. The predicted octanol–water partition coefficient (Wildman–Crippen LogP) is 2.03. The second-order valence-electron chi connectivity index (χ2n) is 3.19. The Morgan fingerprint density at radius 1 is 1.42 bits per heavy atom. The number of aryl methyl sites for hydroxylation is 1. The highest BCUT2D eigenvalue weighted by Crippen LogP contribution is 2.31. The first-order chi connectivity index (χ1) is 5.77. The van der Waals surface area contributed by atoms with Crippen molar-refractivity contribution in [3.63, 3.8) is 0 Å². The van der Waals surface area contributed by atoms with Gasteiger partial charge in [0.2, 0.25) is 0 Å². The third-order valence-corrected chi connectivity index (χ3v) is 2.25. The lowest BCUT2D eigenvalue weighted by atomic mass is 10.0. The second-order valence-corrected chi connectivity index (χ2v) is 3.19. The van der Waals surface area contributed by atoms with Gasteiger partial charge in [0.1, 0.15) is 11.5 Å². The lowest BCUT2D eigenvalue weighted by Gasteiger charge is -2.19. The van der Waals surface area contributed by atoms with E-state index in [0.29, 0.717) is 5.75 Å². The van der Waals surface area contributed by atoms with E-state index in [0.717, 1.165) is 30.8 Å². The fourth-order valence-electron chi connectivity index (χ4n) is 1.65. The Morgan fingerprint density at radius 2 is 2.25 bits per heavy atom. The maximum Gasteiger partial charge on any atom is 0.126 e. The van der Waals surface area contributed by atoms with Crippen molar-refractivity contribution in [1.82, 2.24) is 0 Å². The van der Waals surface area contributed by atoms with Crippen LogP contribution in [0.25, 0.3) is 0 Å². The van der Waals surface area contributed by atoms with Crippen LogP contribution in [-0.2, 0) is 6.42 Å². The quantitative estimate of drug-likeness (QED) is 0.635. The highest BCUT2D eigenvalue weighted by Gasteiger charge is 2.13. The van der Waals surface area contributed by atoms with Crippen molar-refractivity contribution in [3.8, 4) is 11.5 Å². The Hall–Kier alpha value is -1.18. The first-order valence-corrected chi connectivity index (χ1v) is 4.22. The molecular weight excluding hydrogens is 152 g/mol. The summed E-state index contributed by atoms with van der Waals surface area (Å²) in [6.07, 6.45) is 2.15. The molecule has 1 N–H and O–H groups in total. The Labute approximate surface area is 71.8 Å². The van der Waals surface area contributed by atoms with E-state index in [1.165, 1.54) is 5.56 Å². The first-order valence-electron chi connectivity index (χ1n) is 4.22. The summed E-state index contributed by atoms with van der Waals surface area (Å²) < 4.78 is 5.43. The van der Waals surface area contributed by atoms with Crippen LogP contribution in [0.5, 0.6) is 11.5 Å². The molecule has 0 aliphatic carbocycles. The van der Waals surface area contributed by atoms with Crippen molar-refractivity contribution < 1.29 is 9.84 Å². The molecule has 0 fully saturated rings. The zero-order valence-electron chi connectivity index (χ0n) is 7.13. The van der Waals surface area contributed by atoms with Crippen LogP contribution in [0.3, 0.4) is 0 Å². The Balaban J connectivity index is 2.53. The van der Waals surface area contributed by atoms with Crippen molar-refractivity contribution in [1.29, 1.82) is 0 Å². The smallest absolute Gasteiger partial charge is 0.126 e. The van der Waals surface area contributed by atoms with Crippen LogP contribution in [0.2, 0.25) is 0 Å². The number of fused-ring (bicyclic) bond motifs is 1. The molecule has 2 heteroatoms. The molecule has 0 saturated heterocycles. The minimum atomic E-state index is 0.299. The summed E-state index contributed by atoms with van der Waals surface area (Å²) in [4.78, 5) is 0. The summed E-state index contributed by atoms with van der Waals surface area (Å²) in [5.74, 6) is 1.16. The summed E-state index contributed by atoms with van der Waals surface area (Å²) in [7, 11) is 0. The summed E-state index contributed by atoms with van der Waals surface area (Å²) in [6.45, 7) is 2.78. The molecular formula is C10H12O2. The minimum Gasteiger partial charge on any atom is -0.508 e. The molecule has 64 valence electrons. The molecule has 0 saturated carbocycles. The van der Waals surface area contributed by atoms with Crippen LogP contribution in [0, 0.1) is 6.92 Å². The molecule has 1 aliphatic heterocycles. The molecule has 12 heavy (non-hydrogen) atoms. The summed E-state index contributed by atoms with van der Waals surface area (Å²) in [5.41, 5.74) is 2.38. The minimum absolute atomic E-state index is 0.299. The van der Waals surface area contributed by atoms with Crippen LogP contribution in [-0.4, -0.2) is 11.7 Å². The number of rotatable bonds is 0. The number of phenols is 1. The van der Waals surface area contributed by atoms with Crippen LogP contribution in [0.1, 0.15) is 17.5 Å². The number of phenolic OH excluding ortho intramolecular Hbond substituents is 1. The van der Waals surface area contributed by atoms with E-state index >= 15 is 0 Å². The molecule has 2 nitrogen and oxygen atoms in total. The van der Waals surface area contributed by atoms with Gasteiger partial charge in [-0.1, -0.05) is 0 Å². The van der Waals surface area contributed by atoms with E-state index in [-0.39, 0.29) is 0 Å². The van der Waals surface area contributed by atoms with Gasteiger partial charge in [-0.25, -0.2) is 0 Å². The third-order valence-electron chi connectivity index (χ3n) is 2.25. The van der Waals surface area contributed by atoms with Crippen LogP contribution in [0.15, 0.2) is 12.1 Å². The van der Waals surface area contributed by atoms with Crippen molar-refractivity contribution >= 4 is 0 Å². The van der Waals surface area contributed by atoms with Gasteiger partial charge >= 0.3 is 0 Å². The predicted molar refractivity (Wildman–Crippen MR) is 46.7 cm³/mol. The van der Waals surface area contributed by atoms with Gasteiger partial charge < -0.3 is 9.84 Å². The van der Waals surface area contributed by atoms with Crippen molar-refractivity contribution in [2.75, 3.05) is 6.61 Å². The monoisotopic (exact) mass is 164 g/mol. The second kappa shape index (κ2) is 2.70. The van der Waals surface area contributed by atoms with Gasteiger partial charge in [0.25, 0.3) is 0 Å². The Bertz CT molecular complexity index is 305. The largest absolute Gasteiger partial charge is 0.508 e. The molecule has 0 radical (unpaired) electrons. The maximum absolute atomic E-state index is 9.29. The molecule has 0 unspecified atom stereocenters. The van der Waals surface area contributed by atoms with E-state index in [2.05, 4.69) is 0 Å². The molecule has 2 rings (SSSR count). The van der Waals surface area contributed by atoms with Gasteiger partial charge in [0.05, 0.1) is 6.61 Å². The Kier molecular flexibility index (Phi) is 1.68. The van der Waals surface area contributed by atoms with E-state index in [1.807, 2.05) is 6.92 Å².